The summed E-state index contributed by atoms with van der Waals surface area (Å²) in [5.74, 6) is -70.8. The molecule has 0 radical (unpaired) electrons. The first-order valence-corrected chi connectivity index (χ1v) is 21.2. The highest BCUT2D eigenvalue weighted by Crippen LogP contribution is 2.43. The van der Waals surface area contributed by atoms with Gasteiger partial charge >= 0.3 is 0 Å². The van der Waals surface area contributed by atoms with Gasteiger partial charge in [0.1, 0.15) is 52.7 Å². The molecule has 0 fully saturated rings. The summed E-state index contributed by atoms with van der Waals surface area (Å²) >= 11 is 0. The van der Waals surface area contributed by atoms with Gasteiger partial charge in [-0.1, -0.05) is 54.6 Å². The summed E-state index contributed by atoms with van der Waals surface area (Å²) < 4.78 is 296. The molecule has 0 aliphatic carbocycles. The molecule has 26 heteroatoms. The zero-order valence-electron chi connectivity index (χ0n) is 37.1. The summed E-state index contributed by atoms with van der Waals surface area (Å²) in [6.45, 7) is 0. The topological polar surface area (TPSA) is 56.3 Å². The molecule has 0 saturated heterocycles. The van der Waals surface area contributed by atoms with Gasteiger partial charge in [-0.3, -0.25) is 10.1 Å². The average Bonchev–Trinajstić information content (AvgIpc) is 3.52. The van der Waals surface area contributed by atoms with Gasteiger partial charge in [-0.05, 0) is 41.1 Å². The molecule has 0 unspecified atom stereocenters. The fraction of sp³-hybridized carbons (Fsp3) is 0. The summed E-state index contributed by atoms with van der Waals surface area (Å²) in [5.41, 5.74) is -13.3. The van der Waals surface area contributed by atoms with Crippen LogP contribution in [0.25, 0.3) is 43.2 Å². The van der Waals surface area contributed by atoms with Crippen molar-refractivity contribution >= 4 is 76.9 Å². The van der Waals surface area contributed by atoms with Crippen LogP contribution in [0.1, 0.15) is 0 Å². The number of fused-ring (bicyclic) bond motifs is 4. The maximum absolute atomic E-state index is 15.4. The first-order chi connectivity index (χ1) is 36.4. The van der Waals surface area contributed by atoms with Crippen molar-refractivity contribution in [3.63, 3.8) is 0 Å². The lowest BCUT2D eigenvalue weighted by atomic mass is 9.12. The van der Waals surface area contributed by atoms with E-state index in [0.29, 0.717) is 21.9 Å². The van der Waals surface area contributed by atoms with E-state index in [9.17, 15) is 62.8 Å². The van der Waals surface area contributed by atoms with Crippen LogP contribution in [0.4, 0.5) is 93.5 Å². The predicted molar refractivity (Wildman–Crippen MR) is 235 cm³/mol. The van der Waals surface area contributed by atoms with Crippen molar-refractivity contribution < 1.29 is 102 Å². The molecule has 5 nitrogen and oxygen atoms in total. The highest BCUT2D eigenvalue weighted by Gasteiger charge is 2.52. The molecule has 10 aromatic rings. The van der Waals surface area contributed by atoms with E-state index in [-0.39, 0.29) is 10.6 Å². The van der Waals surface area contributed by atoms with Crippen molar-refractivity contribution in [1.29, 1.82) is 0 Å². The molecular weight excluding hydrogens is 1080 g/mol. The van der Waals surface area contributed by atoms with Crippen LogP contribution in [-0.2, 0) is 0 Å². The van der Waals surface area contributed by atoms with Gasteiger partial charge in [0.25, 0.3) is 11.2 Å². The Morgan fingerprint density at radius 3 is 1.04 bits per heavy atom. The predicted octanol–water partition coefficient (Wildman–Crippen LogP) is 12.2. The molecule has 1 heterocycles. The van der Waals surface area contributed by atoms with Crippen LogP contribution in [0.3, 0.4) is 0 Å². The quantitative estimate of drug-likeness (QED) is 0.0234. The summed E-state index contributed by atoms with van der Waals surface area (Å²) in [4.78, 5) is 18.4. The van der Waals surface area contributed by atoms with Crippen LogP contribution < -0.4 is 31.4 Å². The number of benzene rings is 9. The normalized spacial score (nSPS) is 11.7. The van der Waals surface area contributed by atoms with E-state index >= 15 is 35.1 Å². The van der Waals surface area contributed by atoms with Gasteiger partial charge in [0, 0.05) is 27.6 Å². The molecule has 0 spiro atoms. The minimum atomic E-state index is -7.22. The second-order valence-electron chi connectivity index (χ2n) is 16.5. The number of hydrogen-bond donors (Lipinski definition) is 0. The van der Waals surface area contributed by atoms with Crippen LogP contribution in [-0.4, -0.2) is 11.1 Å². The standard InChI is InChI=1S/C27H17N2O3.C24BF20/c30-29(31)26-21-12-4-1-9-19(21)17-24-23(26)16-20-10-2-5-13-22(20)27(24)32-28-15-7-11-18-8-3-6-14-25(18)28;26-5-1(6(27)14(35)21(42)13(5)34)25(2-7(28)15(36)22(43)16(37)8(2)29,3-9(30)17(38)23(44)18(39)10(3)31)4-11(32)19(40)24(45)20(41)12(4)33/h1-17H;/q+1;-1. The second-order valence-corrected chi connectivity index (χ2v) is 16.5. The number of non-ortho nitro benzene ring substituents is 1. The van der Waals surface area contributed by atoms with Crippen molar-refractivity contribution in [2.75, 3.05) is 0 Å². The van der Waals surface area contributed by atoms with Crippen molar-refractivity contribution in [2.45, 2.75) is 0 Å². The zero-order chi connectivity index (χ0) is 56.0. The third-order valence-electron chi connectivity index (χ3n) is 12.6. The maximum atomic E-state index is 15.4. The van der Waals surface area contributed by atoms with Gasteiger partial charge in [-0.15, -0.1) is 21.9 Å². The molecule has 392 valence electrons. The van der Waals surface area contributed by atoms with Gasteiger partial charge < -0.3 is 0 Å². The molecule has 0 bridgehead atoms. The number of hydrogen-bond acceptors (Lipinski definition) is 3. The van der Waals surface area contributed by atoms with Crippen molar-refractivity contribution in [2.24, 2.45) is 0 Å². The Bertz CT molecular complexity index is 3820. The van der Waals surface area contributed by atoms with Crippen LogP contribution in [0.15, 0.2) is 103 Å². The first-order valence-electron chi connectivity index (χ1n) is 21.2. The summed E-state index contributed by atoms with van der Waals surface area (Å²) in [5, 5.41) is 17.7. The van der Waals surface area contributed by atoms with E-state index in [1.165, 1.54) is 0 Å². The summed E-state index contributed by atoms with van der Waals surface area (Å²) in [7, 11) is 0. The van der Waals surface area contributed by atoms with Crippen LogP contribution in [0.5, 0.6) is 5.75 Å². The van der Waals surface area contributed by atoms with Gasteiger partial charge in [-0.25, -0.2) is 92.6 Å². The maximum Gasteiger partial charge on any atom is 0.285 e. The monoisotopic (exact) mass is 1100 g/mol. The Balaban J connectivity index is 0.000000197. The molecule has 0 aliphatic rings. The smallest absolute Gasteiger partial charge is 0.258 e. The minimum absolute atomic E-state index is 0.0941. The Labute approximate surface area is 414 Å². The molecule has 77 heavy (non-hydrogen) atoms. The molecule has 0 saturated carbocycles. The van der Waals surface area contributed by atoms with E-state index in [4.69, 9.17) is 4.84 Å². The minimum Gasteiger partial charge on any atom is -0.258 e. The number of para-hydroxylation sites is 1. The molecule has 10 rings (SSSR count). The zero-order valence-corrected chi connectivity index (χ0v) is 37.1. The Morgan fingerprint density at radius 2 is 0.649 bits per heavy atom. The van der Waals surface area contributed by atoms with E-state index in [2.05, 4.69) is 0 Å². The lowest BCUT2D eigenvalue weighted by molar-refractivity contribution is -0.853. The second kappa shape index (κ2) is 19.3. The lowest BCUT2D eigenvalue weighted by Crippen LogP contribution is -2.81. The molecule has 0 N–H and O–H groups in total. The van der Waals surface area contributed by atoms with Crippen molar-refractivity contribution in [3.05, 3.63) is 230 Å². The number of pyridine rings is 1. The molecule has 0 aliphatic heterocycles. The van der Waals surface area contributed by atoms with E-state index in [1.807, 2.05) is 97.2 Å². The number of nitrogens with zero attached hydrogens (tertiary/aromatic N) is 2. The Hall–Kier alpha value is -8.97. The van der Waals surface area contributed by atoms with E-state index in [0.717, 1.165) is 27.1 Å². The highest BCUT2D eigenvalue weighted by molar-refractivity contribution is 7.20. The van der Waals surface area contributed by atoms with Crippen LogP contribution in [0, 0.1) is 126 Å². The summed E-state index contributed by atoms with van der Waals surface area (Å²) in [6.07, 6.45) is -5.36. The van der Waals surface area contributed by atoms with Crippen molar-refractivity contribution in [3.8, 4) is 5.75 Å². The highest BCUT2D eigenvalue weighted by atomic mass is 19.2. The van der Waals surface area contributed by atoms with Crippen LogP contribution in [0.2, 0.25) is 0 Å². The SMILES string of the molecule is Fc1c(F)c(F)c([B-](c2c(F)c(F)c(F)c(F)c2F)(c2c(F)c(F)c(F)c(F)c2F)c2c(F)c(F)c(F)c(F)c2F)c(F)c1F.O=[N+]([O-])c1c2ccccc2cc2c(O[n+]3cccc4ccccc43)c3ccccc3cc12. The van der Waals surface area contributed by atoms with Gasteiger partial charge in [0.2, 0.25) is 11.9 Å². The van der Waals surface area contributed by atoms with Gasteiger partial charge in [0.15, 0.2) is 69.8 Å². The average molecular weight is 1100 g/mol. The Morgan fingerprint density at radius 1 is 0.351 bits per heavy atom. The number of rotatable bonds is 7. The largest absolute Gasteiger partial charge is 0.285 e. The van der Waals surface area contributed by atoms with Crippen molar-refractivity contribution in [1.82, 2.24) is 0 Å². The third-order valence-corrected chi connectivity index (χ3v) is 12.6. The van der Waals surface area contributed by atoms with Crippen LogP contribution >= 0.6 is 0 Å². The molecule has 1 aromatic heterocycles. The van der Waals surface area contributed by atoms with Gasteiger partial charge in [0.05, 0.1) is 21.1 Å². The lowest BCUT2D eigenvalue weighted by Gasteiger charge is -2.44. The van der Waals surface area contributed by atoms with E-state index in [1.54, 1.807) is 10.8 Å². The summed E-state index contributed by atoms with van der Waals surface area (Å²) in [6, 6.07) is 31.0. The fourth-order valence-electron chi connectivity index (χ4n) is 9.29. The number of halogens is 20. The van der Waals surface area contributed by atoms with Gasteiger partial charge in [-0.2, -0.15) is 0 Å². The molecule has 0 amide bonds. The molecular formula is C51H17BF20N2O3. The number of nitro benzene ring substituents is 1. The third kappa shape index (κ3) is 7.85. The Kier molecular flexibility index (Phi) is 13.3. The first kappa shape index (κ1) is 52.9. The molecule has 0 atom stereocenters. The van der Waals surface area contributed by atoms with E-state index < -0.39 is 144 Å². The molecule has 9 aromatic carbocycles. The number of aromatic nitrogens is 1. The fourth-order valence-corrected chi connectivity index (χ4v) is 9.29. The number of nitro groups is 1.